The Morgan fingerprint density at radius 2 is 2.09 bits per heavy atom. The second-order valence-electron chi connectivity index (χ2n) is 8.74. The topological polar surface area (TPSA) is 87.9 Å². The van der Waals surface area contributed by atoms with Crippen LogP contribution in [0.3, 0.4) is 0 Å². The van der Waals surface area contributed by atoms with Crippen molar-refractivity contribution in [3.8, 4) is 5.88 Å². The lowest BCUT2D eigenvalue weighted by molar-refractivity contribution is -0.120. The molecule has 0 atom stereocenters. The first-order valence-electron chi connectivity index (χ1n) is 11.4. The molecule has 1 saturated heterocycles. The molecule has 3 heterocycles. The highest BCUT2D eigenvalue weighted by Gasteiger charge is 2.27. The number of amides is 1. The van der Waals surface area contributed by atoms with Gasteiger partial charge in [-0.2, -0.15) is 5.10 Å². The molecule has 1 aliphatic heterocycles. The summed E-state index contributed by atoms with van der Waals surface area (Å²) in [6.45, 7) is 4.47. The van der Waals surface area contributed by atoms with Gasteiger partial charge in [-0.15, -0.1) is 0 Å². The van der Waals surface area contributed by atoms with E-state index in [-0.39, 0.29) is 18.6 Å². The number of carbonyl (C=O) groups is 1. The second-order valence-corrected chi connectivity index (χ2v) is 8.74. The Balaban J connectivity index is 1.30. The lowest BCUT2D eigenvalue weighted by Crippen LogP contribution is -2.55. The Bertz CT molecular complexity index is 949. The van der Waals surface area contributed by atoms with E-state index in [4.69, 9.17) is 4.74 Å². The van der Waals surface area contributed by atoms with Crippen molar-refractivity contribution in [1.82, 2.24) is 25.0 Å². The molecule has 1 amide bonds. The number of nitrogens with zero attached hydrogens (tertiary/aromatic N) is 6. The molecule has 0 radical (unpaired) electrons. The minimum absolute atomic E-state index is 0.0357. The van der Waals surface area contributed by atoms with Gasteiger partial charge < -0.3 is 19.9 Å². The van der Waals surface area contributed by atoms with Crippen LogP contribution in [-0.2, 0) is 18.4 Å². The molecule has 32 heavy (non-hydrogen) atoms. The van der Waals surface area contributed by atoms with E-state index in [1.54, 1.807) is 29.0 Å². The maximum atomic E-state index is 12.7. The summed E-state index contributed by atoms with van der Waals surface area (Å²) in [5.74, 6) is 2.22. The van der Waals surface area contributed by atoms with Gasteiger partial charge in [-0.1, -0.05) is 6.92 Å². The van der Waals surface area contributed by atoms with Gasteiger partial charge in [0.15, 0.2) is 5.96 Å². The molecule has 1 saturated carbocycles. The molecule has 0 unspecified atom stereocenters. The molecule has 9 heteroatoms. The first-order chi connectivity index (χ1) is 15.5. The van der Waals surface area contributed by atoms with Gasteiger partial charge in [0.2, 0.25) is 11.8 Å². The Kier molecular flexibility index (Phi) is 6.92. The third-order valence-electron chi connectivity index (χ3n) is 6.24. The summed E-state index contributed by atoms with van der Waals surface area (Å²) < 4.78 is 7.83. The summed E-state index contributed by atoms with van der Waals surface area (Å²) in [6.07, 6.45) is 10.3. The van der Waals surface area contributed by atoms with Crippen molar-refractivity contribution in [3.63, 3.8) is 0 Å². The van der Waals surface area contributed by atoms with E-state index >= 15 is 0 Å². The van der Waals surface area contributed by atoms with E-state index in [0.29, 0.717) is 31.5 Å². The van der Waals surface area contributed by atoms with Crippen molar-refractivity contribution in [2.45, 2.75) is 45.3 Å². The Hall–Kier alpha value is -3.10. The van der Waals surface area contributed by atoms with Gasteiger partial charge in [0.1, 0.15) is 12.6 Å². The predicted molar refractivity (Wildman–Crippen MR) is 124 cm³/mol. The van der Waals surface area contributed by atoms with Gasteiger partial charge in [-0.25, -0.2) is 4.98 Å². The largest absolute Gasteiger partial charge is 0.474 e. The Morgan fingerprint density at radius 1 is 1.28 bits per heavy atom. The lowest BCUT2D eigenvalue weighted by atomic mass is 9.89. The Labute approximate surface area is 189 Å². The molecule has 9 nitrogen and oxygen atoms in total. The van der Waals surface area contributed by atoms with Crippen molar-refractivity contribution in [2.24, 2.45) is 18.0 Å². The van der Waals surface area contributed by atoms with Crippen LogP contribution >= 0.6 is 0 Å². The predicted octanol–water partition coefficient (Wildman–Crippen LogP) is 2.20. The van der Waals surface area contributed by atoms with Gasteiger partial charge in [0, 0.05) is 52.2 Å². The number of aromatic nitrogens is 3. The fraction of sp³-hybridized carbons (Fsp3) is 0.565. The van der Waals surface area contributed by atoms with E-state index in [2.05, 4.69) is 27.3 Å². The maximum absolute atomic E-state index is 12.7. The van der Waals surface area contributed by atoms with Gasteiger partial charge in [0.25, 0.3) is 0 Å². The number of nitrogens with one attached hydrogen (secondary N) is 1. The van der Waals surface area contributed by atoms with Crippen LogP contribution in [-0.4, -0.2) is 64.3 Å². The standard InChI is InChI=1S/C23H33N7O2/c1-17-4-6-20(7-5-17)32-21-12-18(8-9-25-21)13-26-23(24-2)29-10-11-30(22(31)16-29)19-14-27-28(3)15-19/h8-9,12,14-15,17,20H,4-7,10-11,13,16H2,1-3H3,(H,24,26). The second kappa shape index (κ2) is 10.0. The highest BCUT2D eigenvalue weighted by atomic mass is 16.5. The summed E-state index contributed by atoms with van der Waals surface area (Å²) >= 11 is 0. The highest BCUT2D eigenvalue weighted by molar-refractivity contribution is 5.98. The zero-order valence-corrected chi connectivity index (χ0v) is 19.2. The zero-order valence-electron chi connectivity index (χ0n) is 19.2. The van der Waals surface area contributed by atoms with Crippen molar-refractivity contribution >= 4 is 17.6 Å². The van der Waals surface area contributed by atoms with E-state index in [1.807, 2.05) is 30.3 Å². The van der Waals surface area contributed by atoms with E-state index in [0.717, 1.165) is 30.0 Å². The summed E-state index contributed by atoms with van der Waals surface area (Å²) in [4.78, 5) is 25.2. The summed E-state index contributed by atoms with van der Waals surface area (Å²) in [7, 11) is 3.59. The number of carbonyl (C=O) groups excluding carboxylic acids is 1. The number of ether oxygens (including phenoxy) is 1. The summed E-state index contributed by atoms with van der Waals surface area (Å²) in [5.41, 5.74) is 1.90. The fourth-order valence-electron chi connectivity index (χ4n) is 4.33. The molecule has 2 aromatic heterocycles. The molecule has 2 fully saturated rings. The number of hydrogen-bond donors (Lipinski definition) is 1. The normalized spacial score (nSPS) is 22.2. The average Bonchev–Trinajstić information content (AvgIpc) is 3.22. The van der Waals surface area contributed by atoms with Crippen molar-refractivity contribution in [1.29, 1.82) is 0 Å². The molecule has 4 rings (SSSR count). The number of aryl methyl sites for hydroxylation is 1. The van der Waals surface area contributed by atoms with Crippen molar-refractivity contribution in [3.05, 3.63) is 36.3 Å². The lowest BCUT2D eigenvalue weighted by Gasteiger charge is -2.35. The van der Waals surface area contributed by atoms with E-state index < -0.39 is 0 Å². The number of pyridine rings is 1. The maximum Gasteiger partial charge on any atom is 0.246 e. The average molecular weight is 440 g/mol. The van der Waals surface area contributed by atoms with Crippen LogP contribution in [0, 0.1) is 5.92 Å². The van der Waals surface area contributed by atoms with Crippen LogP contribution in [0.2, 0.25) is 0 Å². The number of hydrogen-bond acceptors (Lipinski definition) is 5. The molecule has 2 aromatic rings. The molecule has 1 aliphatic carbocycles. The first kappa shape index (κ1) is 22.1. The zero-order chi connectivity index (χ0) is 22.5. The summed E-state index contributed by atoms with van der Waals surface area (Å²) in [6, 6.07) is 3.96. The number of piperazine rings is 1. The molecular weight excluding hydrogens is 406 g/mol. The minimum atomic E-state index is 0.0357. The van der Waals surface area contributed by atoms with Gasteiger partial charge >= 0.3 is 0 Å². The molecule has 172 valence electrons. The van der Waals surface area contributed by atoms with Crippen LogP contribution in [0.15, 0.2) is 35.7 Å². The molecule has 0 aromatic carbocycles. The van der Waals surface area contributed by atoms with Crippen LogP contribution in [0.1, 0.15) is 38.2 Å². The number of guanidine groups is 1. The fourth-order valence-corrected chi connectivity index (χ4v) is 4.33. The van der Waals surface area contributed by atoms with Gasteiger partial charge in [0.05, 0.1) is 11.9 Å². The third-order valence-corrected chi connectivity index (χ3v) is 6.24. The van der Waals surface area contributed by atoms with E-state index in [9.17, 15) is 4.79 Å². The van der Waals surface area contributed by atoms with Crippen molar-refractivity contribution in [2.75, 3.05) is 31.6 Å². The number of aliphatic imine (C=N–C) groups is 1. The van der Waals surface area contributed by atoms with Crippen LogP contribution < -0.4 is 15.0 Å². The molecule has 1 N–H and O–H groups in total. The first-order valence-corrected chi connectivity index (χ1v) is 11.4. The monoisotopic (exact) mass is 439 g/mol. The van der Waals surface area contributed by atoms with Gasteiger partial charge in [-0.05, 0) is 43.2 Å². The van der Waals surface area contributed by atoms with E-state index in [1.165, 1.54) is 12.8 Å². The minimum Gasteiger partial charge on any atom is -0.474 e. The van der Waals surface area contributed by atoms with Crippen LogP contribution in [0.25, 0.3) is 0 Å². The number of rotatable bonds is 5. The van der Waals surface area contributed by atoms with Crippen LogP contribution in [0.5, 0.6) is 5.88 Å². The SMILES string of the molecule is CN=C(NCc1ccnc(OC2CCC(C)CC2)c1)N1CCN(c2cnn(C)c2)C(=O)C1. The molecular formula is C23H33N7O2. The molecule has 0 bridgehead atoms. The summed E-state index contributed by atoms with van der Waals surface area (Å²) in [5, 5.41) is 7.54. The van der Waals surface area contributed by atoms with Gasteiger partial charge in [-0.3, -0.25) is 14.5 Å². The smallest absolute Gasteiger partial charge is 0.246 e. The third kappa shape index (κ3) is 5.38. The van der Waals surface area contributed by atoms with Crippen LogP contribution in [0.4, 0.5) is 5.69 Å². The molecule has 0 spiro atoms. The number of anilines is 1. The molecule has 2 aliphatic rings. The van der Waals surface area contributed by atoms with Crippen molar-refractivity contribution < 1.29 is 9.53 Å². The quantitative estimate of drug-likeness (QED) is 0.568. The Morgan fingerprint density at radius 3 is 2.78 bits per heavy atom. The highest BCUT2D eigenvalue weighted by Crippen LogP contribution is 2.26.